The zero-order valence-electron chi connectivity index (χ0n) is 16.1. The lowest BCUT2D eigenvalue weighted by Crippen LogP contribution is -2.52. The van der Waals surface area contributed by atoms with E-state index in [-0.39, 0.29) is 42.6 Å². The summed E-state index contributed by atoms with van der Waals surface area (Å²) in [6, 6.07) is 7.89. The zero-order valence-corrected chi connectivity index (χ0v) is 17.7. The summed E-state index contributed by atoms with van der Waals surface area (Å²) >= 11 is 0. The molecule has 0 radical (unpaired) electrons. The molecule has 5 nitrogen and oxygen atoms in total. The lowest BCUT2D eigenvalue weighted by molar-refractivity contribution is -0.124. The molecule has 2 saturated heterocycles. The molecular formula is C20H31Cl2FN4O. The smallest absolute Gasteiger partial charge is 0.234 e. The lowest BCUT2D eigenvalue weighted by atomic mass is 10.0. The Hall–Kier alpha value is -0.920. The van der Waals surface area contributed by atoms with Crippen LogP contribution in [0.3, 0.4) is 0 Å². The lowest BCUT2D eigenvalue weighted by Gasteiger charge is -2.37. The molecule has 4 rings (SSSR count). The molecule has 1 saturated carbocycles. The van der Waals surface area contributed by atoms with Crippen LogP contribution in [0.2, 0.25) is 0 Å². The quantitative estimate of drug-likeness (QED) is 0.749. The first-order chi connectivity index (χ1) is 12.7. The highest BCUT2D eigenvalue weighted by Crippen LogP contribution is 2.29. The highest BCUT2D eigenvalue weighted by Gasteiger charge is 2.32. The van der Waals surface area contributed by atoms with E-state index in [9.17, 15) is 9.18 Å². The Morgan fingerprint density at radius 2 is 1.89 bits per heavy atom. The monoisotopic (exact) mass is 432 g/mol. The molecule has 1 unspecified atom stereocenters. The highest BCUT2D eigenvalue weighted by molar-refractivity contribution is 5.85. The van der Waals surface area contributed by atoms with Gasteiger partial charge in [-0.25, -0.2) is 4.39 Å². The minimum Gasteiger partial charge on any atom is -0.352 e. The number of hydrogen-bond acceptors (Lipinski definition) is 4. The van der Waals surface area contributed by atoms with Crippen molar-refractivity contribution in [1.29, 1.82) is 0 Å². The Kier molecular flexibility index (Phi) is 8.96. The van der Waals surface area contributed by atoms with E-state index in [1.807, 2.05) is 6.07 Å². The van der Waals surface area contributed by atoms with Crippen LogP contribution >= 0.6 is 24.8 Å². The summed E-state index contributed by atoms with van der Waals surface area (Å²) in [4.78, 5) is 17.3. The Morgan fingerprint density at radius 3 is 2.57 bits per heavy atom. The van der Waals surface area contributed by atoms with Crippen LogP contribution in [0.1, 0.15) is 37.3 Å². The van der Waals surface area contributed by atoms with Gasteiger partial charge in [-0.15, -0.1) is 24.8 Å². The number of hydrogen-bond donors (Lipinski definition) is 2. The fraction of sp³-hybridized carbons (Fsp3) is 0.650. The molecule has 158 valence electrons. The molecule has 1 amide bonds. The van der Waals surface area contributed by atoms with Gasteiger partial charge in [0, 0.05) is 50.8 Å². The molecule has 28 heavy (non-hydrogen) atoms. The minimum atomic E-state index is -0.222. The van der Waals surface area contributed by atoms with E-state index in [0.29, 0.717) is 12.6 Å². The normalized spacial score (nSPS) is 24.1. The van der Waals surface area contributed by atoms with Crippen LogP contribution in [-0.4, -0.2) is 67.1 Å². The number of piperidine rings is 1. The van der Waals surface area contributed by atoms with Crippen molar-refractivity contribution < 1.29 is 9.18 Å². The molecule has 1 aromatic rings. The van der Waals surface area contributed by atoms with Crippen molar-refractivity contribution in [2.75, 3.05) is 39.3 Å². The molecule has 2 aliphatic heterocycles. The predicted molar refractivity (Wildman–Crippen MR) is 114 cm³/mol. The van der Waals surface area contributed by atoms with E-state index >= 15 is 0 Å². The largest absolute Gasteiger partial charge is 0.352 e. The second kappa shape index (κ2) is 10.7. The van der Waals surface area contributed by atoms with Crippen molar-refractivity contribution in [3.63, 3.8) is 0 Å². The van der Waals surface area contributed by atoms with E-state index in [1.54, 1.807) is 12.1 Å². The number of benzene rings is 1. The third kappa shape index (κ3) is 6.04. The van der Waals surface area contributed by atoms with Crippen LogP contribution in [0.5, 0.6) is 0 Å². The molecular weight excluding hydrogens is 402 g/mol. The van der Waals surface area contributed by atoms with Crippen molar-refractivity contribution >= 4 is 30.7 Å². The van der Waals surface area contributed by atoms with Crippen LogP contribution in [0.4, 0.5) is 4.39 Å². The van der Waals surface area contributed by atoms with Gasteiger partial charge in [-0.1, -0.05) is 12.1 Å². The average Bonchev–Trinajstić information content (AvgIpc) is 3.48. The number of amides is 1. The van der Waals surface area contributed by atoms with Gasteiger partial charge in [0.15, 0.2) is 0 Å². The van der Waals surface area contributed by atoms with Crippen LogP contribution in [0, 0.1) is 5.82 Å². The van der Waals surface area contributed by atoms with Gasteiger partial charge in [-0.2, -0.15) is 0 Å². The minimum absolute atomic E-state index is 0. The standard InChI is InChI=1S/C20H29FN4O.2ClH/c21-16-3-1-2-15(12-16)19-13-22-8-11-25(19)14-20(26)23-17-6-9-24(10-7-17)18-4-5-18;;/h1-3,12,17-19,22H,4-11,13-14H2,(H,23,26);2*1H. The van der Waals surface area contributed by atoms with Crippen molar-refractivity contribution in [1.82, 2.24) is 20.4 Å². The van der Waals surface area contributed by atoms with Crippen LogP contribution in [0.15, 0.2) is 24.3 Å². The molecule has 0 bridgehead atoms. The van der Waals surface area contributed by atoms with Gasteiger partial charge in [0.2, 0.25) is 5.91 Å². The summed E-state index contributed by atoms with van der Waals surface area (Å²) in [5.74, 6) is -0.127. The maximum absolute atomic E-state index is 13.6. The molecule has 2 N–H and O–H groups in total. The topological polar surface area (TPSA) is 47.6 Å². The second-order valence-electron chi connectivity index (χ2n) is 7.85. The first-order valence-corrected chi connectivity index (χ1v) is 9.93. The van der Waals surface area contributed by atoms with E-state index in [2.05, 4.69) is 20.4 Å². The summed E-state index contributed by atoms with van der Waals surface area (Å²) in [7, 11) is 0. The third-order valence-electron chi connectivity index (χ3n) is 5.89. The van der Waals surface area contributed by atoms with Gasteiger partial charge in [-0.3, -0.25) is 9.69 Å². The Balaban J connectivity index is 0.00000140. The summed E-state index contributed by atoms with van der Waals surface area (Å²) in [6.07, 6.45) is 4.80. The van der Waals surface area contributed by atoms with Crippen molar-refractivity contribution in [3.05, 3.63) is 35.6 Å². The highest BCUT2D eigenvalue weighted by atomic mass is 35.5. The molecule has 2 heterocycles. The number of halogens is 3. The number of nitrogens with one attached hydrogen (secondary N) is 2. The van der Waals surface area contributed by atoms with Crippen LogP contribution in [0.25, 0.3) is 0 Å². The first-order valence-electron chi connectivity index (χ1n) is 9.93. The van der Waals surface area contributed by atoms with Crippen molar-refractivity contribution in [3.8, 4) is 0 Å². The number of carbonyl (C=O) groups excluding carboxylic acids is 1. The number of likely N-dealkylation sites (tertiary alicyclic amines) is 1. The number of nitrogens with zero attached hydrogens (tertiary/aromatic N) is 2. The zero-order chi connectivity index (χ0) is 17.9. The van der Waals surface area contributed by atoms with Gasteiger partial charge in [0.1, 0.15) is 5.82 Å². The molecule has 0 spiro atoms. The van der Waals surface area contributed by atoms with Gasteiger partial charge >= 0.3 is 0 Å². The number of carbonyl (C=O) groups is 1. The molecule has 3 aliphatic rings. The fourth-order valence-corrected chi connectivity index (χ4v) is 4.28. The summed E-state index contributed by atoms with van der Waals surface area (Å²) < 4.78 is 13.6. The fourth-order valence-electron chi connectivity index (χ4n) is 4.28. The maximum atomic E-state index is 13.6. The van der Waals surface area contributed by atoms with Gasteiger partial charge < -0.3 is 15.5 Å². The van der Waals surface area contributed by atoms with Crippen LogP contribution in [-0.2, 0) is 4.79 Å². The molecule has 1 aliphatic carbocycles. The van der Waals surface area contributed by atoms with E-state index < -0.39 is 0 Å². The van der Waals surface area contributed by atoms with Crippen LogP contribution < -0.4 is 10.6 Å². The number of piperazine rings is 1. The Bertz CT molecular complexity index is 638. The average molecular weight is 433 g/mol. The molecule has 8 heteroatoms. The third-order valence-corrected chi connectivity index (χ3v) is 5.89. The molecule has 1 aromatic carbocycles. The second-order valence-corrected chi connectivity index (χ2v) is 7.85. The predicted octanol–water partition coefficient (Wildman–Crippen LogP) is 2.36. The summed E-state index contributed by atoms with van der Waals surface area (Å²) in [5, 5.41) is 6.59. The SMILES string of the molecule is Cl.Cl.O=C(CN1CCNCC1c1cccc(F)c1)NC1CCN(C2CC2)CC1. The van der Waals surface area contributed by atoms with E-state index in [1.165, 1.54) is 18.9 Å². The Labute approximate surface area is 179 Å². The summed E-state index contributed by atoms with van der Waals surface area (Å²) in [6.45, 7) is 5.00. The maximum Gasteiger partial charge on any atom is 0.234 e. The van der Waals surface area contributed by atoms with E-state index in [4.69, 9.17) is 0 Å². The van der Waals surface area contributed by atoms with Crippen molar-refractivity contribution in [2.45, 2.75) is 43.8 Å². The van der Waals surface area contributed by atoms with Gasteiger partial charge in [0.05, 0.1) is 6.54 Å². The van der Waals surface area contributed by atoms with Crippen molar-refractivity contribution in [2.24, 2.45) is 0 Å². The van der Waals surface area contributed by atoms with Gasteiger partial charge in [0.25, 0.3) is 0 Å². The molecule has 3 fully saturated rings. The van der Waals surface area contributed by atoms with E-state index in [0.717, 1.165) is 57.2 Å². The van der Waals surface area contributed by atoms with Gasteiger partial charge in [-0.05, 0) is 43.4 Å². The summed E-state index contributed by atoms with van der Waals surface area (Å²) in [5.41, 5.74) is 0.933. The Morgan fingerprint density at radius 1 is 1.14 bits per heavy atom. The number of rotatable bonds is 5. The first kappa shape index (κ1) is 23.4. The molecule has 1 atom stereocenters. The molecule has 0 aromatic heterocycles.